The van der Waals surface area contributed by atoms with E-state index in [1.807, 2.05) is 25.3 Å². The minimum absolute atomic E-state index is 0.0626. The van der Waals surface area contributed by atoms with E-state index in [1.54, 1.807) is 6.33 Å². The number of amides is 1. The molecule has 3 atom stereocenters. The smallest absolute Gasteiger partial charge is 0.413 e. The molecule has 3 heterocycles. The fourth-order valence-corrected chi connectivity index (χ4v) is 6.13. The molecule has 0 radical (unpaired) electrons. The monoisotopic (exact) mass is 579 g/mol. The molecule has 0 aliphatic carbocycles. The summed E-state index contributed by atoms with van der Waals surface area (Å²) in [6, 6.07) is 0. The highest BCUT2D eigenvalue weighted by Gasteiger charge is 2.47. The highest BCUT2D eigenvalue weighted by Crippen LogP contribution is 2.43. The third kappa shape index (κ3) is 7.46. The van der Waals surface area contributed by atoms with E-state index in [0.717, 1.165) is 0 Å². The first-order valence-corrected chi connectivity index (χ1v) is 19.6. The van der Waals surface area contributed by atoms with Crippen molar-refractivity contribution >= 4 is 39.7 Å². The second-order valence-electron chi connectivity index (χ2n) is 14.5. The molecule has 0 aromatic carbocycles. The summed E-state index contributed by atoms with van der Waals surface area (Å²) in [5.41, 5.74) is 0.404. The molecule has 3 rings (SSSR count). The molecule has 0 saturated carbocycles. The lowest BCUT2D eigenvalue weighted by molar-refractivity contribution is -0.0383. The van der Waals surface area contributed by atoms with Gasteiger partial charge >= 0.3 is 6.09 Å². The van der Waals surface area contributed by atoms with Crippen LogP contribution in [0.1, 0.15) is 75.0 Å². The predicted octanol–water partition coefficient (Wildman–Crippen LogP) is 6.87. The van der Waals surface area contributed by atoms with Gasteiger partial charge in [0.25, 0.3) is 0 Å². The van der Waals surface area contributed by atoms with Crippen LogP contribution in [0.5, 0.6) is 0 Å². The number of nitrogens with zero attached hydrogens (tertiary/aromatic N) is 4. The number of anilines is 1. The molecule has 0 bridgehead atoms. The van der Waals surface area contributed by atoms with Crippen LogP contribution in [0.3, 0.4) is 0 Å². The lowest BCUT2D eigenvalue weighted by Gasteiger charge is -2.40. The molecule has 12 heteroatoms. The standard InChI is InChI=1S/C27H49N5O5Si2/c1-25(2,3)36-24(33)31-22-21-23(29-16-28-22)32(17-30-21)20-14-18(37-39(12,13)27(7,8)9)19(35-20)15-34-38(10,11)26(4,5)6/h16-20H,14-15H2,1-13H3,(H,28,29,31,33)/t18?,19-,20-/m1/s1. The van der Waals surface area contributed by atoms with Crippen LogP contribution in [0, 0.1) is 0 Å². The number of hydrogen-bond acceptors (Lipinski definition) is 8. The van der Waals surface area contributed by atoms with E-state index < -0.39 is 28.3 Å². The Kier molecular flexibility index (Phi) is 8.80. The molecular weight excluding hydrogens is 530 g/mol. The van der Waals surface area contributed by atoms with Gasteiger partial charge in [0.05, 0.1) is 19.0 Å². The van der Waals surface area contributed by atoms with Crippen molar-refractivity contribution in [2.75, 3.05) is 11.9 Å². The van der Waals surface area contributed by atoms with Crippen molar-refractivity contribution in [3.63, 3.8) is 0 Å². The summed E-state index contributed by atoms with van der Waals surface area (Å²) < 4.78 is 27.4. The van der Waals surface area contributed by atoms with Crippen LogP contribution in [0.25, 0.3) is 11.2 Å². The van der Waals surface area contributed by atoms with Crippen molar-refractivity contribution in [2.24, 2.45) is 0 Å². The quantitative estimate of drug-likeness (QED) is 0.354. The largest absolute Gasteiger partial charge is 0.444 e. The number of imidazole rings is 1. The number of nitrogens with one attached hydrogen (secondary N) is 1. The summed E-state index contributed by atoms with van der Waals surface area (Å²) in [5, 5.41) is 2.85. The molecule has 2 aromatic rings. The summed E-state index contributed by atoms with van der Waals surface area (Å²) in [6.45, 7) is 28.4. The molecule has 1 unspecified atom stereocenters. The second kappa shape index (κ2) is 10.8. The molecule has 2 aromatic heterocycles. The van der Waals surface area contributed by atoms with Crippen molar-refractivity contribution in [1.29, 1.82) is 0 Å². The highest BCUT2D eigenvalue weighted by molar-refractivity contribution is 6.74. The van der Waals surface area contributed by atoms with E-state index in [-0.39, 0.29) is 34.3 Å². The van der Waals surface area contributed by atoms with Gasteiger partial charge < -0.3 is 18.3 Å². The van der Waals surface area contributed by atoms with Crippen LogP contribution >= 0.6 is 0 Å². The number of ether oxygens (including phenoxy) is 2. The van der Waals surface area contributed by atoms with E-state index in [1.165, 1.54) is 6.33 Å². The van der Waals surface area contributed by atoms with Gasteiger partial charge in [0, 0.05) is 6.42 Å². The number of rotatable bonds is 7. The van der Waals surface area contributed by atoms with Crippen LogP contribution in [0.15, 0.2) is 12.7 Å². The molecule has 1 N–H and O–H groups in total. The van der Waals surface area contributed by atoms with Gasteiger partial charge in [-0.1, -0.05) is 41.5 Å². The van der Waals surface area contributed by atoms with Crippen LogP contribution in [0.4, 0.5) is 10.6 Å². The molecular formula is C27H49N5O5Si2. The van der Waals surface area contributed by atoms with E-state index in [4.69, 9.17) is 18.3 Å². The van der Waals surface area contributed by atoms with Crippen LogP contribution in [0.2, 0.25) is 36.3 Å². The Balaban J connectivity index is 1.88. The fourth-order valence-electron chi connectivity index (χ4n) is 3.76. The molecule has 1 saturated heterocycles. The summed E-state index contributed by atoms with van der Waals surface area (Å²) in [7, 11) is -4.06. The average molecular weight is 580 g/mol. The Bertz CT molecular complexity index is 1160. The van der Waals surface area contributed by atoms with Gasteiger partial charge in [-0.25, -0.2) is 19.7 Å². The number of fused-ring (bicyclic) bond motifs is 1. The molecule has 1 aliphatic heterocycles. The first kappa shape index (κ1) is 31.7. The van der Waals surface area contributed by atoms with Gasteiger partial charge in [-0.3, -0.25) is 9.88 Å². The average Bonchev–Trinajstić information content (AvgIpc) is 3.33. The first-order valence-electron chi connectivity index (χ1n) is 13.8. The van der Waals surface area contributed by atoms with Crippen molar-refractivity contribution in [1.82, 2.24) is 19.5 Å². The maximum Gasteiger partial charge on any atom is 0.413 e. The lowest BCUT2D eigenvalue weighted by atomic mass is 10.2. The molecule has 1 aliphatic rings. The minimum Gasteiger partial charge on any atom is -0.444 e. The van der Waals surface area contributed by atoms with E-state index in [9.17, 15) is 4.79 Å². The Morgan fingerprint density at radius 2 is 1.62 bits per heavy atom. The topological polar surface area (TPSA) is 110 Å². The Morgan fingerprint density at radius 1 is 1.00 bits per heavy atom. The van der Waals surface area contributed by atoms with Crippen molar-refractivity contribution in [3.8, 4) is 0 Å². The SMILES string of the molecule is CC(C)(C)OC(=O)Nc1ncnc2c1ncn2[C@H]1CC(O[Si](C)(C)C(C)(C)C)[C@@H](CO[Si](C)(C)C(C)(C)C)O1. The zero-order valence-corrected chi connectivity index (χ0v) is 28.1. The highest BCUT2D eigenvalue weighted by atomic mass is 28.4. The molecule has 0 spiro atoms. The number of carbonyl (C=O) groups excluding carboxylic acids is 1. The van der Waals surface area contributed by atoms with Gasteiger partial charge in [-0.05, 0) is 57.0 Å². The fraction of sp³-hybridized carbons (Fsp3) is 0.778. The maximum atomic E-state index is 12.4. The molecule has 1 fully saturated rings. The summed E-state index contributed by atoms with van der Waals surface area (Å²) in [4.78, 5) is 25.6. The van der Waals surface area contributed by atoms with Gasteiger partial charge in [-0.2, -0.15) is 0 Å². The molecule has 1 amide bonds. The van der Waals surface area contributed by atoms with Crippen LogP contribution in [-0.4, -0.2) is 66.7 Å². The Labute approximate surface area is 235 Å². The van der Waals surface area contributed by atoms with Gasteiger partial charge in [0.2, 0.25) is 0 Å². The maximum absolute atomic E-state index is 12.4. The van der Waals surface area contributed by atoms with Crippen LogP contribution < -0.4 is 5.32 Å². The number of aromatic nitrogens is 4. The van der Waals surface area contributed by atoms with Crippen molar-refractivity contribution in [2.45, 2.75) is 129 Å². The van der Waals surface area contributed by atoms with Gasteiger partial charge in [-0.15, -0.1) is 0 Å². The summed E-state index contributed by atoms with van der Waals surface area (Å²) >= 11 is 0. The van der Waals surface area contributed by atoms with Crippen molar-refractivity contribution < 1.29 is 23.1 Å². The second-order valence-corrected chi connectivity index (χ2v) is 24.1. The van der Waals surface area contributed by atoms with E-state index in [0.29, 0.717) is 24.2 Å². The summed E-state index contributed by atoms with van der Waals surface area (Å²) in [6.07, 6.45) is 2.44. The zero-order valence-electron chi connectivity index (χ0n) is 26.1. The lowest BCUT2D eigenvalue weighted by Crippen LogP contribution is -2.48. The predicted molar refractivity (Wildman–Crippen MR) is 159 cm³/mol. The Morgan fingerprint density at radius 3 is 2.18 bits per heavy atom. The summed E-state index contributed by atoms with van der Waals surface area (Å²) in [5.74, 6) is 0.290. The van der Waals surface area contributed by atoms with E-state index in [2.05, 4.69) is 88.0 Å². The normalized spacial score (nSPS) is 21.4. The minimum atomic E-state index is -2.07. The Hall–Kier alpha value is -1.87. The third-order valence-electron chi connectivity index (χ3n) is 8.14. The third-order valence-corrected chi connectivity index (χ3v) is 17.1. The molecule has 220 valence electrons. The van der Waals surface area contributed by atoms with Crippen molar-refractivity contribution in [3.05, 3.63) is 12.7 Å². The molecule has 10 nitrogen and oxygen atoms in total. The van der Waals surface area contributed by atoms with Gasteiger partial charge in [0.15, 0.2) is 33.6 Å². The number of hydrogen-bond donors (Lipinski definition) is 1. The van der Waals surface area contributed by atoms with Crippen LogP contribution in [-0.2, 0) is 18.3 Å². The molecule has 39 heavy (non-hydrogen) atoms. The first-order chi connectivity index (χ1) is 17.6. The van der Waals surface area contributed by atoms with Gasteiger partial charge in [0.1, 0.15) is 24.3 Å². The van der Waals surface area contributed by atoms with E-state index >= 15 is 0 Å². The number of carbonyl (C=O) groups is 1. The zero-order chi connectivity index (χ0) is 29.6.